The summed E-state index contributed by atoms with van der Waals surface area (Å²) < 4.78 is 39.8. The Labute approximate surface area is 123 Å². The molecule has 0 aromatic heterocycles. The number of hydrogen-bond donors (Lipinski definition) is 2. The van der Waals surface area contributed by atoms with Crippen LogP contribution in [0.4, 0.5) is 18.9 Å². The number of nitrogen functional groups attached to an aromatic ring is 1. The minimum absolute atomic E-state index is 0.00710. The molecule has 120 valence electrons. The fourth-order valence-electron chi connectivity index (χ4n) is 1.41. The zero-order valence-corrected chi connectivity index (χ0v) is 11.5. The van der Waals surface area contributed by atoms with Gasteiger partial charge in [0, 0.05) is 18.7 Å². The van der Waals surface area contributed by atoms with Crippen molar-refractivity contribution in [3.05, 3.63) is 29.3 Å². The van der Waals surface area contributed by atoms with Crippen molar-refractivity contribution in [1.29, 1.82) is 0 Å². The van der Waals surface area contributed by atoms with E-state index in [4.69, 9.17) is 5.73 Å². The molecule has 0 radical (unpaired) electrons. The highest BCUT2D eigenvalue weighted by Crippen LogP contribution is 2.19. The molecule has 1 aromatic rings. The molecule has 0 atom stereocenters. The Morgan fingerprint density at radius 1 is 1.27 bits per heavy atom. The molecule has 0 saturated heterocycles. The van der Waals surface area contributed by atoms with Gasteiger partial charge in [-0.15, -0.1) is 0 Å². The van der Waals surface area contributed by atoms with E-state index in [9.17, 15) is 27.6 Å². The van der Waals surface area contributed by atoms with E-state index in [2.05, 4.69) is 10.1 Å². The number of hydrogen-bond acceptors (Lipinski definition) is 5. The molecule has 6 nitrogen and oxygen atoms in total. The van der Waals surface area contributed by atoms with Crippen molar-refractivity contribution in [2.75, 3.05) is 5.73 Å². The molecule has 3 N–H and O–H groups in total. The van der Waals surface area contributed by atoms with Crippen LogP contribution in [0.15, 0.2) is 18.2 Å². The van der Waals surface area contributed by atoms with E-state index in [1.54, 1.807) is 6.92 Å². The first kappa shape index (κ1) is 17.5. The van der Waals surface area contributed by atoms with Crippen molar-refractivity contribution in [2.24, 2.45) is 0 Å². The molecule has 0 fully saturated rings. The van der Waals surface area contributed by atoms with Crippen LogP contribution in [-0.2, 0) is 20.9 Å². The first-order valence-electron chi connectivity index (χ1n) is 6.13. The summed E-state index contributed by atoms with van der Waals surface area (Å²) >= 11 is 0. The van der Waals surface area contributed by atoms with Gasteiger partial charge >= 0.3 is 18.1 Å². The van der Waals surface area contributed by atoms with Crippen LogP contribution in [0.25, 0.3) is 0 Å². The lowest BCUT2D eigenvalue weighted by molar-refractivity contribution is -0.193. The van der Waals surface area contributed by atoms with Crippen LogP contribution < -0.4 is 11.1 Å². The molecule has 0 heterocycles. The number of halogens is 3. The van der Waals surface area contributed by atoms with E-state index in [1.807, 2.05) is 0 Å². The van der Waals surface area contributed by atoms with Gasteiger partial charge in [0.05, 0.1) is 5.56 Å². The van der Waals surface area contributed by atoms with Gasteiger partial charge in [0.15, 0.2) is 0 Å². The van der Waals surface area contributed by atoms with Crippen LogP contribution in [-0.4, -0.2) is 24.0 Å². The summed E-state index contributed by atoms with van der Waals surface area (Å²) in [7, 11) is 0. The lowest BCUT2D eigenvalue weighted by atomic mass is 10.1. The molecule has 1 aromatic carbocycles. The molecule has 1 rings (SSSR count). The third-order valence-corrected chi connectivity index (χ3v) is 2.59. The van der Waals surface area contributed by atoms with Gasteiger partial charge in [-0.3, -0.25) is 4.79 Å². The number of carbonyl (C=O) groups is 3. The second-order valence-corrected chi connectivity index (χ2v) is 4.22. The van der Waals surface area contributed by atoms with Gasteiger partial charge in [-0.05, 0) is 23.8 Å². The summed E-state index contributed by atoms with van der Waals surface area (Å²) in [4.78, 5) is 33.3. The number of carbonyl (C=O) groups excluding carboxylic acids is 3. The van der Waals surface area contributed by atoms with Gasteiger partial charge in [-0.2, -0.15) is 13.2 Å². The summed E-state index contributed by atoms with van der Waals surface area (Å²) in [5.74, 6) is -4.32. The SMILES string of the molecule is CCC(=O)NCc1cc(C(=O)OC(=O)C(F)(F)F)ccc1N. The maximum Gasteiger partial charge on any atom is 0.491 e. The molecule has 0 aliphatic rings. The van der Waals surface area contributed by atoms with Gasteiger partial charge in [0.1, 0.15) is 0 Å². The summed E-state index contributed by atoms with van der Waals surface area (Å²) in [6.45, 7) is 1.63. The first-order valence-corrected chi connectivity index (χ1v) is 6.13. The second-order valence-electron chi connectivity index (χ2n) is 4.22. The molecular weight excluding hydrogens is 305 g/mol. The van der Waals surface area contributed by atoms with E-state index < -0.39 is 18.1 Å². The highest BCUT2D eigenvalue weighted by Gasteiger charge is 2.42. The van der Waals surface area contributed by atoms with Crippen molar-refractivity contribution in [2.45, 2.75) is 26.1 Å². The van der Waals surface area contributed by atoms with Crippen molar-refractivity contribution < 1.29 is 32.3 Å². The maximum atomic E-state index is 12.0. The predicted octanol–water partition coefficient (Wildman–Crippen LogP) is 1.54. The topological polar surface area (TPSA) is 98.5 Å². The van der Waals surface area contributed by atoms with E-state index in [0.717, 1.165) is 12.1 Å². The number of benzene rings is 1. The van der Waals surface area contributed by atoms with Crippen LogP contribution in [0.2, 0.25) is 0 Å². The summed E-state index contributed by atoms with van der Waals surface area (Å²) in [6, 6.07) is 3.53. The summed E-state index contributed by atoms with van der Waals surface area (Å²) in [6.07, 6.45) is -5.02. The van der Waals surface area contributed by atoms with Crippen molar-refractivity contribution in [3.8, 4) is 0 Å². The predicted molar refractivity (Wildman–Crippen MR) is 69.5 cm³/mol. The Hall–Kier alpha value is -2.58. The molecule has 0 unspecified atom stereocenters. The quantitative estimate of drug-likeness (QED) is 0.498. The Morgan fingerprint density at radius 3 is 2.45 bits per heavy atom. The molecule has 22 heavy (non-hydrogen) atoms. The van der Waals surface area contributed by atoms with Crippen LogP contribution in [0.3, 0.4) is 0 Å². The number of nitrogens with one attached hydrogen (secondary N) is 1. The van der Waals surface area contributed by atoms with Crippen LogP contribution in [0, 0.1) is 0 Å². The standard InChI is InChI=1S/C13H13F3N2O4/c1-2-10(19)18-6-8-5-7(3-4-9(8)17)11(20)22-12(21)13(14,15)16/h3-5H,2,6,17H2,1H3,(H,18,19). The summed E-state index contributed by atoms with van der Waals surface area (Å²) in [5, 5.41) is 2.50. The Bertz CT molecular complexity index is 599. The van der Waals surface area contributed by atoms with Gasteiger partial charge in [0.2, 0.25) is 5.91 Å². The van der Waals surface area contributed by atoms with Crippen molar-refractivity contribution in [3.63, 3.8) is 0 Å². The van der Waals surface area contributed by atoms with Crippen LogP contribution in [0.5, 0.6) is 0 Å². The smallest absolute Gasteiger partial charge is 0.398 e. The number of alkyl halides is 3. The number of amides is 1. The van der Waals surface area contributed by atoms with Gasteiger partial charge in [-0.25, -0.2) is 9.59 Å². The maximum absolute atomic E-state index is 12.0. The third-order valence-electron chi connectivity index (χ3n) is 2.59. The van der Waals surface area contributed by atoms with Gasteiger partial charge in [-0.1, -0.05) is 6.92 Å². The molecular formula is C13H13F3N2O4. The fraction of sp³-hybridized carbons (Fsp3) is 0.308. The second kappa shape index (κ2) is 6.92. The Balaban J connectivity index is 2.86. The average molecular weight is 318 g/mol. The van der Waals surface area contributed by atoms with E-state index in [1.165, 1.54) is 6.07 Å². The first-order chi connectivity index (χ1) is 10.1. The molecule has 0 aliphatic carbocycles. The lowest BCUT2D eigenvalue weighted by Gasteiger charge is -2.10. The van der Waals surface area contributed by atoms with Crippen LogP contribution in [0.1, 0.15) is 29.3 Å². The normalized spacial score (nSPS) is 10.9. The Morgan fingerprint density at radius 2 is 1.91 bits per heavy atom. The zero-order valence-electron chi connectivity index (χ0n) is 11.5. The highest BCUT2D eigenvalue weighted by atomic mass is 19.4. The van der Waals surface area contributed by atoms with E-state index >= 15 is 0 Å². The van der Waals surface area contributed by atoms with E-state index in [0.29, 0.717) is 5.56 Å². The molecule has 1 amide bonds. The number of nitrogens with two attached hydrogens (primary N) is 1. The average Bonchev–Trinajstić information content (AvgIpc) is 2.44. The Kier molecular flexibility index (Phi) is 5.50. The third kappa shape index (κ3) is 4.76. The molecule has 0 aliphatic heterocycles. The van der Waals surface area contributed by atoms with E-state index in [-0.39, 0.29) is 30.1 Å². The number of rotatable bonds is 4. The summed E-state index contributed by atoms with van der Waals surface area (Å²) in [5.41, 5.74) is 5.90. The molecule has 0 bridgehead atoms. The van der Waals surface area contributed by atoms with Crippen LogP contribution >= 0.6 is 0 Å². The van der Waals surface area contributed by atoms with Crippen molar-refractivity contribution in [1.82, 2.24) is 5.32 Å². The monoisotopic (exact) mass is 318 g/mol. The zero-order chi connectivity index (χ0) is 16.9. The minimum atomic E-state index is -5.26. The number of anilines is 1. The lowest BCUT2D eigenvalue weighted by Crippen LogP contribution is -2.28. The number of esters is 2. The van der Waals surface area contributed by atoms with Gasteiger partial charge in [0.25, 0.3) is 0 Å². The minimum Gasteiger partial charge on any atom is -0.398 e. The van der Waals surface area contributed by atoms with Gasteiger partial charge < -0.3 is 15.8 Å². The fourth-order valence-corrected chi connectivity index (χ4v) is 1.41. The molecule has 9 heteroatoms. The molecule has 0 spiro atoms. The largest absolute Gasteiger partial charge is 0.491 e. The highest BCUT2D eigenvalue weighted by molar-refractivity contribution is 5.98. The molecule has 0 saturated carbocycles. The number of ether oxygens (including phenoxy) is 1. The van der Waals surface area contributed by atoms with Crippen molar-refractivity contribution >= 4 is 23.5 Å².